The minimum absolute atomic E-state index is 0.0144. The molecule has 2 aromatic heterocycles. The number of H-pyrrole nitrogens is 1. The summed E-state index contributed by atoms with van der Waals surface area (Å²) in [6, 6.07) is 9.82. The Hall–Kier alpha value is -5.19. The van der Waals surface area contributed by atoms with Crippen molar-refractivity contribution in [2.75, 3.05) is 0 Å². The Morgan fingerprint density at radius 3 is 2.73 bits per heavy atom. The first kappa shape index (κ1) is 40.2. The number of hydrogen-bond donors (Lipinski definition) is 5. The lowest BCUT2D eigenvalue weighted by atomic mass is 9.73. The van der Waals surface area contributed by atoms with E-state index < -0.39 is 29.8 Å². The molecule has 0 radical (unpaired) electrons. The summed E-state index contributed by atoms with van der Waals surface area (Å²) < 4.78 is 15.5. The molecule has 1 spiro atoms. The minimum Gasteiger partial charge on any atom is -0.465 e. The van der Waals surface area contributed by atoms with Crippen molar-refractivity contribution in [2.24, 2.45) is 34.8 Å². The number of ketones is 1. The van der Waals surface area contributed by atoms with Crippen molar-refractivity contribution in [2.45, 2.75) is 122 Å². The molecular weight excluding hydrogens is 749 g/mol. The molecule has 5 aliphatic rings. The van der Waals surface area contributed by atoms with Gasteiger partial charge in [-0.05, 0) is 102 Å². The average molecular weight is 807 g/mol. The molecule has 9 nitrogen and oxygen atoms in total. The second-order valence-electron chi connectivity index (χ2n) is 18.0. The summed E-state index contributed by atoms with van der Waals surface area (Å²) in [6.45, 7) is 4.37. The van der Waals surface area contributed by atoms with E-state index in [-0.39, 0.29) is 23.8 Å². The van der Waals surface area contributed by atoms with E-state index in [0.29, 0.717) is 43.1 Å². The number of aliphatic hydroxyl groups excluding tert-OH is 2. The van der Waals surface area contributed by atoms with Gasteiger partial charge in [-0.15, -0.1) is 0 Å². The molecule has 0 saturated heterocycles. The number of unbranched alkanes of at least 4 members (excludes halogenated alkanes) is 2. The van der Waals surface area contributed by atoms with E-state index >= 15 is 0 Å². The number of aromatic nitrogens is 2. The van der Waals surface area contributed by atoms with Gasteiger partial charge in [0.15, 0.2) is 17.7 Å². The quantitative estimate of drug-likeness (QED) is 0.0614. The van der Waals surface area contributed by atoms with Crippen LogP contribution in [0.25, 0.3) is 17.0 Å². The molecule has 3 aliphatic heterocycles. The number of aryl methyl sites for hydroxylation is 1. The van der Waals surface area contributed by atoms with Gasteiger partial charge < -0.3 is 40.3 Å². The van der Waals surface area contributed by atoms with Crippen molar-refractivity contribution >= 4 is 22.8 Å². The fourth-order valence-corrected chi connectivity index (χ4v) is 10.4. The number of rotatable bonds is 10. The van der Waals surface area contributed by atoms with Crippen LogP contribution in [0.1, 0.15) is 136 Å². The highest BCUT2D eigenvalue weighted by molar-refractivity contribution is 5.84. The molecule has 1 fully saturated rings. The topological polar surface area (TPSA) is 135 Å². The fraction of sp³-hybridized carbons (Fsp3) is 0.471. The van der Waals surface area contributed by atoms with Crippen molar-refractivity contribution in [3.63, 3.8) is 0 Å². The summed E-state index contributed by atoms with van der Waals surface area (Å²) in [6.07, 6.45) is 25.7. The van der Waals surface area contributed by atoms with Crippen LogP contribution in [0, 0.1) is 53.0 Å². The summed E-state index contributed by atoms with van der Waals surface area (Å²) in [5.74, 6) is 11.3. The van der Waals surface area contributed by atoms with Gasteiger partial charge in [-0.3, -0.25) is 4.79 Å². The van der Waals surface area contributed by atoms with Crippen LogP contribution in [-0.4, -0.2) is 31.7 Å². The summed E-state index contributed by atoms with van der Waals surface area (Å²) in [5.41, 5.74) is 12.7. The summed E-state index contributed by atoms with van der Waals surface area (Å²) in [7, 11) is 0. The molecule has 9 rings (SSSR count). The van der Waals surface area contributed by atoms with Crippen molar-refractivity contribution in [3.05, 3.63) is 101 Å². The lowest BCUT2D eigenvalue weighted by Gasteiger charge is -2.35. The molecule has 60 heavy (non-hydrogen) atoms. The number of hydrogen-bond acceptors (Lipinski definition) is 7. The Bertz CT molecular complexity index is 2430. The number of nitrogens with one attached hydrogen (secondary N) is 2. The standard InChI is InChI=1S/C51H58N4O5/c1-3-4-5-8-39(48(58)34-13-9-32(2)10-14-34)45(57)18-11-33-12-20-46-47(27-33)60-50-42(51(24-26-59-46)22-6-7-23-51)17-19-44(56)37-15-16-38-36(21-25-53-49(38)52)40(37)28-35-29-54-43-31-55(50)30-41(35)43/h9,12-13,15-16,20-21,25,27,29-32,34,39,42,44,48-50,53-54,56,58H,3-8,10-11,14,18,22-23,28,52H2,1-2H3. The minimum atomic E-state index is -1.05. The zero-order valence-corrected chi connectivity index (χ0v) is 34.9. The predicted molar refractivity (Wildman–Crippen MR) is 234 cm³/mol. The number of aromatic amines is 1. The van der Waals surface area contributed by atoms with E-state index in [2.05, 4.69) is 83.3 Å². The molecule has 4 aromatic rings. The number of carbonyl (C=O) groups is 1. The molecule has 2 aromatic carbocycles. The van der Waals surface area contributed by atoms with Gasteiger partial charge in [-0.2, -0.15) is 0 Å². The Balaban J connectivity index is 1.06. The molecule has 312 valence electrons. The van der Waals surface area contributed by atoms with Gasteiger partial charge in [0, 0.05) is 48.7 Å². The van der Waals surface area contributed by atoms with Crippen molar-refractivity contribution in [1.29, 1.82) is 0 Å². The predicted octanol–water partition coefficient (Wildman–Crippen LogP) is 8.91. The third-order valence-corrected chi connectivity index (χ3v) is 14.0. The van der Waals surface area contributed by atoms with Crippen LogP contribution in [0.15, 0.2) is 67.3 Å². The maximum Gasteiger partial charge on any atom is 0.191 e. The third kappa shape index (κ3) is 7.80. The van der Waals surface area contributed by atoms with Crippen LogP contribution in [0.5, 0.6) is 11.5 Å². The number of ether oxygens (including phenoxy) is 2. The van der Waals surface area contributed by atoms with E-state index in [1.54, 1.807) is 0 Å². The Kier molecular flexibility index (Phi) is 11.4. The zero-order valence-electron chi connectivity index (χ0n) is 34.9. The molecule has 9 heteroatoms. The van der Waals surface area contributed by atoms with Gasteiger partial charge in [0.25, 0.3) is 0 Å². The monoisotopic (exact) mass is 806 g/mol. The molecule has 6 N–H and O–H groups in total. The number of allylic oxidation sites excluding steroid dienone is 1. The van der Waals surface area contributed by atoms with E-state index in [9.17, 15) is 15.0 Å². The van der Waals surface area contributed by atoms with E-state index in [1.165, 1.54) is 0 Å². The Morgan fingerprint density at radius 2 is 1.92 bits per heavy atom. The second kappa shape index (κ2) is 17.1. The van der Waals surface area contributed by atoms with Gasteiger partial charge >= 0.3 is 0 Å². The zero-order chi connectivity index (χ0) is 41.4. The summed E-state index contributed by atoms with van der Waals surface area (Å²) in [5, 5.41) is 27.8. The number of nitrogens with two attached hydrogens (primary N) is 1. The maximum absolute atomic E-state index is 14.0. The molecule has 5 heterocycles. The molecule has 8 atom stereocenters. The molecule has 8 unspecified atom stereocenters. The van der Waals surface area contributed by atoms with E-state index in [1.807, 2.05) is 42.6 Å². The number of benzene rings is 2. The van der Waals surface area contributed by atoms with Crippen LogP contribution in [0.3, 0.4) is 0 Å². The average Bonchev–Trinajstić information content (AvgIpc) is 4.00. The molecule has 2 bridgehead atoms. The highest BCUT2D eigenvalue weighted by Crippen LogP contribution is 2.50. The van der Waals surface area contributed by atoms with Crippen molar-refractivity contribution < 1.29 is 24.5 Å². The van der Waals surface area contributed by atoms with Gasteiger partial charge in [-0.1, -0.05) is 94.1 Å². The fourth-order valence-electron chi connectivity index (χ4n) is 10.4. The van der Waals surface area contributed by atoms with Gasteiger partial charge in [0.2, 0.25) is 0 Å². The van der Waals surface area contributed by atoms with Gasteiger partial charge in [0.1, 0.15) is 24.2 Å². The van der Waals surface area contributed by atoms with Gasteiger partial charge in [0.05, 0.1) is 23.0 Å². The van der Waals surface area contributed by atoms with Crippen LogP contribution in [-0.2, 0) is 17.6 Å². The van der Waals surface area contributed by atoms with Crippen molar-refractivity contribution in [1.82, 2.24) is 14.9 Å². The lowest BCUT2D eigenvalue weighted by molar-refractivity contribution is -0.127. The molecule has 1 saturated carbocycles. The maximum atomic E-state index is 14.0. The summed E-state index contributed by atoms with van der Waals surface area (Å²) in [4.78, 5) is 17.5. The number of Topliss-reactive ketones (excluding diaryl/α,β-unsaturated/α-hetero) is 1. The largest absolute Gasteiger partial charge is 0.465 e. The number of carbonyl (C=O) groups excluding carboxylic acids is 1. The Labute approximate surface area is 353 Å². The third-order valence-electron chi connectivity index (χ3n) is 14.0. The lowest BCUT2D eigenvalue weighted by Crippen LogP contribution is -2.36. The summed E-state index contributed by atoms with van der Waals surface area (Å²) >= 11 is 0. The highest BCUT2D eigenvalue weighted by Gasteiger charge is 2.46. The second-order valence-corrected chi connectivity index (χ2v) is 18.0. The van der Waals surface area contributed by atoms with E-state index in [4.69, 9.17) is 15.2 Å². The SMILES string of the molecule is CCCCCC(C(=O)CCc1ccc2c(c1)OC1C(C#CC(O)c3ccc4c(c3Cc3c[nH]c5cn1cc35)C=CNC4N)C1(C#CO2)CCCC1)C(O)C1C=CC(C)CC1. The van der Waals surface area contributed by atoms with Crippen molar-refractivity contribution in [3.8, 4) is 35.4 Å². The van der Waals surface area contributed by atoms with Gasteiger partial charge in [-0.25, -0.2) is 0 Å². The number of aliphatic hydroxyl groups is 2. The first-order valence-electron chi connectivity index (χ1n) is 22.3. The van der Waals surface area contributed by atoms with Crippen LogP contribution in [0.2, 0.25) is 0 Å². The number of fused-ring (bicyclic) bond motifs is 8. The Morgan fingerprint density at radius 1 is 1.07 bits per heavy atom. The van der Waals surface area contributed by atoms with Crippen LogP contribution >= 0.6 is 0 Å². The van der Waals surface area contributed by atoms with Crippen LogP contribution < -0.4 is 20.5 Å². The number of nitrogens with zero attached hydrogens (tertiary/aromatic N) is 1. The first-order valence-corrected chi connectivity index (χ1v) is 22.3. The molecular formula is C51H58N4O5. The smallest absolute Gasteiger partial charge is 0.191 e. The molecule has 0 amide bonds. The van der Waals surface area contributed by atoms with Crippen LogP contribution in [0.4, 0.5) is 0 Å². The molecule has 2 aliphatic carbocycles. The van der Waals surface area contributed by atoms with E-state index in [0.717, 1.165) is 102 Å². The normalized spacial score (nSPS) is 25.7. The highest BCUT2D eigenvalue weighted by atomic mass is 16.5. The first-order chi connectivity index (χ1) is 29.2.